The Balaban J connectivity index is 3.13. The molecule has 0 fully saturated rings. The van der Waals surface area contributed by atoms with E-state index in [1.54, 1.807) is 20.8 Å². The lowest BCUT2D eigenvalue weighted by Gasteiger charge is -2.39. The maximum atomic E-state index is 13.8. The summed E-state index contributed by atoms with van der Waals surface area (Å²) >= 11 is 0. The predicted octanol–water partition coefficient (Wildman–Crippen LogP) is 7.84. The molecule has 214 valence electrons. The molecule has 0 aromatic heterocycles. The Labute approximate surface area is 201 Å². The second kappa shape index (κ2) is 10.0. The Bertz CT molecular complexity index is 938. The van der Waals surface area contributed by atoms with Gasteiger partial charge in [0.15, 0.2) is 0 Å². The summed E-state index contributed by atoms with van der Waals surface area (Å²) in [5, 5.41) is 0. The molecule has 0 radical (unpaired) electrons. The third kappa shape index (κ3) is 5.86. The van der Waals surface area contributed by atoms with Crippen LogP contribution in [0.3, 0.4) is 0 Å². The fourth-order valence-electron chi connectivity index (χ4n) is 2.47. The lowest BCUT2D eigenvalue weighted by Crippen LogP contribution is -2.70. The van der Waals surface area contributed by atoms with Crippen LogP contribution in [0.5, 0.6) is 5.75 Å². The fourth-order valence-corrected chi connectivity index (χ4v) is 2.47. The highest BCUT2D eigenvalue weighted by Crippen LogP contribution is 2.60. The molecule has 0 N–H and O–H groups in total. The summed E-state index contributed by atoms with van der Waals surface area (Å²) < 4.78 is 179. The van der Waals surface area contributed by atoms with Crippen LogP contribution >= 0.6 is 0 Å². The number of carbonyl (C=O) groups excluding carboxylic acids is 1. The maximum absolute atomic E-state index is 13.8. The average Bonchev–Trinajstić information content (AvgIpc) is 2.75. The summed E-state index contributed by atoms with van der Waals surface area (Å²) in [7, 11) is 0. The van der Waals surface area contributed by atoms with E-state index < -0.39 is 59.0 Å². The van der Waals surface area contributed by atoms with Crippen LogP contribution in [0.1, 0.15) is 45.6 Å². The average molecular weight is 568 g/mol. The van der Waals surface area contributed by atoms with Gasteiger partial charge in [-0.3, -0.25) is 4.79 Å². The van der Waals surface area contributed by atoms with Gasteiger partial charge < -0.3 is 9.47 Å². The molecule has 1 atom stereocenters. The molecule has 0 saturated carbocycles. The molecule has 1 unspecified atom stereocenters. The van der Waals surface area contributed by atoms with Crippen LogP contribution in [0.25, 0.3) is 0 Å². The minimum Gasteiger partial charge on any atom is -0.465 e. The van der Waals surface area contributed by atoms with Gasteiger partial charge in [0.2, 0.25) is 0 Å². The molecule has 0 bridgehead atoms. The first-order valence-corrected chi connectivity index (χ1v) is 10.2. The Morgan fingerprint density at radius 3 is 1.59 bits per heavy atom. The number of hydrogen-bond donors (Lipinski definition) is 0. The Morgan fingerprint density at radius 1 is 0.757 bits per heavy atom. The van der Waals surface area contributed by atoms with Crippen LogP contribution in [0.4, 0.5) is 57.1 Å². The molecule has 0 aliphatic rings. The van der Waals surface area contributed by atoms with Crippen LogP contribution in [-0.4, -0.2) is 48.6 Å². The Kier molecular flexibility index (Phi) is 8.85. The van der Waals surface area contributed by atoms with E-state index in [0.29, 0.717) is 18.6 Å². The molecule has 0 saturated heterocycles. The van der Waals surface area contributed by atoms with Crippen molar-refractivity contribution in [3.8, 4) is 5.75 Å². The monoisotopic (exact) mass is 568 g/mol. The third-order valence-corrected chi connectivity index (χ3v) is 5.50. The second-order valence-corrected chi connectivity index (χ2v) is 8.72. The number of hydrogen-bond acceptors (Lipinski definition) is 3. The molecule has 0 spiro atoms. The van der Waals surface area contributed by atoms with Crippen molar-refractivity contribution in [1.82, 2.24) is 0 Å². The van der Waals surface area contributed by atoms with Crippen LogP contribution in [-0.2, 0) is 9.53 Å². The molecule has 0 aliphatic heterocycles. The van der Waals surface area contributed by atoms with Crippen molar-refractivity contribution in [3.05, 3.63) is 29.8 Å². The van der Waals surface area contributed by atoms with Crippen LogP contribution in [0.15, 0.2) is 24.3 Å². The summed E-state index contributed by atoms with van der Waals surface area (Å²) in [5.74, 6) is -33.9. The largest absolute Gasteiger partial charge is 0.471 e. The molecule has 0 amide bonds. The van der Waals surface area contributed by atoms with Crippen molar-refractivity contribution in [2.24, 2.45) is 5.41 Å². The molecule has 0 heterocycles. The number of alkyl halides is 13. The van der Waals surface area contributed by atoms with Gasteiger partial charge in [0.1, 0.15) is 5.75 Å². The summed E-state index contributed by atoms with van der Waals surface area (Å²) in [5.41, 5.74) is -0.608. The lowest BCUT2D eigenvalue weighted by molar-refractivity contribution is -0.456. The second-order valence-electron chi connectivity index (χ2n) is 8.72. The quantitative estimate of drug-likeness (QED) is 0.202. The van der Waals surface area contributed by atoms with Gasteiger partial charge in [-0.25, -0.2) is 0 Å². The highest BCUT2D eigenvalue weighted by Gasteiger charge is 2.91. The van der Waals surface area contributed by atoms with Gasteiger partial charge in [0, 0.05) is 5.92 Å². The predicted molar refractivity (Wildman–Crippen MR) is 101 cm³/mol. The van der Waals surface area contributed by atoms with Gasteiger partial charge in [-0.05, 0) is 38.0 Å². The number of ether oxygens (including phenoxy) is 2. The molecule has 0 aliphatic carbocycles. The first-order valence-electron chi connectivity index (χ1n) is 10.2. The Morgan fingerprint density at radius 2 is 1.19 bits per heavy atom. The zero-order chi connectivity index (χ0) is 29.5. The summed E-state index contributed by atoms with van der Waals surface area (Å²) in [6, 6.07) is 2.79. The zero-order valence-corrected chi connectivity index (χ0v) is 19.4. The number of benzene rings is 1. The van der Waals surface area contributed by atoms with Crippen LogP contribution in [0.2, 0.25) is 0 Å². The molecule has 1 aromatic carbocycles. The van der Waals surface area contributed by atoms with E-state index in [4.69, 9.17) is 4.74 Å². The van der Waals surface area contributed by atoms with Crippen molar-refractivity contribution in [3.63, 3.8) is 0 Å². The van der Waals surface area contributed by atoms with Crippen LogP contribution < -0.4 is 4.74 Å². The topological polar surface area (TPSA) is 35.5 Å². The normalized spacial score (nSPS) is 15.4. The fraction of sp³-hybridized carbons (Fsp3) is 0.667. The summed E-state index contributed by atoms with van der Waals surface area (Å²) in [6.45, 7) is 6.18. The first-order chi connectivity index (χ1) is 16.3. The molecule has 37 heavy (non-hydrogen) atoms. The number of rotatable bonds is 11. The van der Waals surface area contributed by atoms with E-state index in [1.807, 2.05) is 0 Å². The third-order valence-electron chi connectivity index (χ3n) is 5.50. The van der Waals surface area contributed by atoms with Gasteiger partial charge in [-0.1, -0.05) is 26.0 Å². The summed E-state index contributed by atoms with van der Waals surface area (Å²) in [6.07, 6.45) is -13.7. The van der Waals surface area contributed by atoms with Crippen molar-refractivity contribution >= 4 is 5.97 Å². The number of halogens is 13. The maximum Gasteiger partial charge on any atom is 0.471 e. The molecule has 1 aromatic rings. The van der Waals surface area contributed by atoms with Gasteiger partial charge in [0.05, 0.1) is 12.0 Å². The van der Waals surface area contributed by atoms with E-state index in [2.05, 4.69) is 4.74 Å². The van der Waals surface area contributed by atoms with E-state index in [9.17, 15) is 61.9 Å². The van der Waals surface area contributed by atoms with Crippen molar-refractivity contribution in [2.45, 2.75) is 76.0 Å². The summed E-state index contributed by atoms with van der Waals surface area (Å²) in [4.78, 5) is 12.0. The van der Waals surface area contributed by atoms with Crippen molar-refractivity contribution in [2.75, 3.05) is 6.61 Å². The van der Waals surface area contributed by atoms with Gasteiger partial charge in [-0.2, -0.15) is 57.1 Å². The first kappa shape index (κ1) is 32.6. The Hall–Kier alpha value is -2.42. The molecule has 1 rings (SSSR count). The lowest BCUT2D eigenvalue weighted by atomic mass is 9.90. The highest BCUT2D eigenvalue weighted by atomic mass is 19.4. The van der Waals surface area contributed by atoms with Gasteiger partial charge in [0.25, 0.3) is 0 Å². The number of esters is 1. The molecular formula is C21H21F13O3. The SMILES string of the molecule is CCC(C)(C)C(=O)OCC(C)c1ccc(OC(F)(F)C(F)(F)C(F)(F)C(F)(F)C(F)(F)C(F)(F)F)cc1. The van der Waals surface area contributed by atoms with Crippen molar-refractivity contribution in [1.29, 1.82) is 0 Å². The van der Waals surface area contributed by atoms with E-state index in [-0.39, 0.29) is 12.2 Å². The standard InChI is InChI=1S/C21H21F13O3/c1-5-15(3,4)14(35)36-10-11(2)12-6-8-13(9-7-12)37-21(33,34)19(28,29)17(24,25)16(22,23)18(26,27)20(30,31)32/h6-9,11H,5,10H2,1-4H3. The van der Waals surface area contributed by atoms with Crippen molar-refractivity contribution < 1.29 is 71.3 Å². The van der Waals surface area contributed by atoms with Gasteiger partial charge >= 0.3 is 41.9 Å². The highest BCUT2D eigenvalue weighted by molar-refractivity contribution is 5.75. The van der Waals surface area contributed by atoms with E-state index in [1.165, 1.54) is 6.92 Å². The van der Waals surface area contributed by atoms with E-state index in [0.717, 1.165) is 12.1 Å². The minimum atomic E-state index is -8.00. The van der Waals surface area contributed by atoms with E-state index >= 15 is 0 Å². The molecule has 3 nitrogen and oxygen atoms in total. The molecule has 16 heteroatoms. The number of carbonyl (C=O) groups is 1. The van der Waals surface area contributed by atoms with Gasteiger partial charge in [-0.15, -0.1) is 0 Å². The zero-order valence-electron chi connectivity index (χ0n) is 19.4. The van der Waals surface area contributed by atoms with Crippen LogP contribution in [0, 0.1) is 5.41 Å². The smallest absolute Gasteiger partial charge is 0.465 e. The molecular weight excluding hydrogens is 547 g/mol. The minimum absolute atomic E-state index is 0.214.